The highest BCUT2D eigenvalue weighted by atomic mass is 16.3. The second-order valence-electron chi connectivity index (χ2n) is 6.46. The van der Waals surface area contributed by atoms with Gasteiger partial charge in [-0.25, -0.2) is 0 Å². The first-order valence-electron chi connectivity index (χ1n) is 8.35. The van der Waals surface area contributed by atoms with E-state index in [9.17, 15) is 4.79 Å². The number of aliphatic hydroxyl groups excluding tert-OH is 1. The van der Waals surface area contributed by atoms with Gasteiger partial charge in [0.1, 0.15) is 0 Å². The van der Waals surface area contributed by atoms with Crippen LogP contribution < -0.4 is 5.32 Å². The number of likely N-dealkylation sites (tertiary alicyclic amines) is 1. The molecule has 0 saturated carbocycles. The quantitative estimate of drug-likeness (QED) is 0.814. The molecule has 0 aromatic heterocycles. The van der Waals surface area contributed by atoms with Crippen molar-refractivity contribution < 1.29 is 9.90 Å². The Morgan fingerprint density at radius 1 is 1.45 bits per heavy atom. The van der Waals surface area contributed by atoms with Gasteiger partial charge < -0.3 is 10.4 Å². The first kappa shape index (κ1) is 17.0. The Morgan fingerprint density at radius 3 is 3.00 bits per heavy atom. The molecule has 2 rings (SSSR count). The lowest BCUT2D eigenvalue weighted by atomic mass is 10.0. The third-order valence-corrected chi connectivity index (χ3v) is 4.38. The maximum absolute atomic E-state index is 12.3. The lowest BCUT2D eigenvalue weighted by Gasteiger charge is -2.23. The van der Waals surface area contributed by atoms with Crippen LogP contribution in [0.2, 0.25) is 0 Å². The van der Waals surface area contributed by atoms with Crippen LogP contribution in [0.3, 0.4) is 0 Å². The van der Waals surface area contributed by atoms with E-state index in [2.05, 4.69) is 36.2 Å². The predicted molar refractivity (Wildman–Crippen MR) is 90.1 cm³/mol. The lowest BCUT2D eigenvalue weighted by Crippen LogP contribution is -2.36. The Balaban J connectivity index is 1.88. The van der Waals surface area contributed by atoms with Crippen molar-refractivity contribution >= 4 is 11.6 Å². The molecule has 1 aliphatic heterocycles. The number of nitrogens with one attached hydrogen (secondary N) is 1. The molecule has 0 bridgehead atoms. The number of amides is 1. The molecule has 0 aliphatic carbocycles. The zero-order valence-electron chi connectivity index (χ0n) is 13.7. The Morgan fingerprint density at radius 2 is 2.27 bits per heavy atom. The molecule has 1 amide bonds. The number of hydrogen-bond acceptors (Lipinski definition) is 3. The number of hydrogen-bond donors (Lipinski definition) is 2. The van der Waals surface area contributed by atoms with E-state index in [4.69, 9.17) is 5.11 Å². The van der Waals surface area contributed by atoms with E-state index >= 15 is 0 Å². The average Bonchev–Trinajstić information content (AvgIpc) is 2.92. The molecule has 0 spiro atoms. The van der Waals surface area contributed by atoms with Crippen molar-refractivity contribution in [2.24, 2.45) is 0 Å². The van der Waals surface area contributed by atoms with Gasteiger partial charge >= 0.3 is 0 Å². The third-order valence-electron chi connectivity index (χ3n) is 4.38. The molecule has 2 N–H and O–H groups in total. The zero-order chi connectivity index (χ0) is 15.9. The molecular weight excluding hydrogens is 276 g/mol. The van der Waals surface area contributed by atoms with Gasteiger partial charge in [-0.3, -0.25) is 9.69 Å². The minimum Gasteiger partial charge on any atom is -0.396 e. The number of rotatable bonds is 7. The van der Waals surface area contributed by atoms with Crippen LogP contribution in [0, 0.1) is 0 Å². The molecular formula is C18H28N2O2. The summed E-state index contributed by atoms with van der Waals surface area (Å²) in [4.78, 5) is 14.5. The minimum atomic E-state index is 0.0526. The van der Waals surface area contributed by atoms with Crippen LogP contribution in [-0.2, 0) is 4.79 Å². The van der Waals surface area contributed by atoms with E-state index in [0.29, 0.717) is 18.5 Å². The summed E-state index contributed by atoms with van der Waals surface area (Å²) in [5, 5.41) is 12.0. The lowest BCUT2D eigenvalue weighted by molar-refractivity contribution is -0.117. The molecule has 1 aliphatic rings. The first-order valence-corrected chi connectivity index (χ1v) is 8.35. The van der Waals surface area contributed by atoms with Crippen molar-refractivity contribution in [2.45, 2.75) is 51.5 Å². The van der Waals surface area contributed by atoms with E-state index in [1.54, 1.807) is 0 Å². The van der Waals surface area contributed by atoms with Crippen LogP contribution in [0.4, 0.5) is 5.69 Å². The zero-order valence-corrected chi connectivity index (χ0v) is 13.7. The van der Waals surface area contributed by atoms with Crippen molar-refractivity contribution in [1.82, 2.24) is 4.90 Å². The van der Waals surface area contributed by atoms with Crippen molar-refractivity contribution in [3.63, 3.8) is 0 Å². The summed E-state index contributed by atoms with van der Waals surface area (Å²) in [5.41, 5.74) is 2.11. The molecule has 1 heterocycles. The highest BCUT2D eigenvalue weighted by Gasteiger charge is 2.25. The standard InChI is InChI=1S/C18H28N2O2/c1-14(2)15-6-3-7-16(12-15)19-18(22)13-20-10-4-8-17(20)9-5-11-21/h3,6-7,12,14,17,21H,4-5,8-11,13H2,1-2H3,(H,19,22). The highest BCUT2D eigenvalue weighted by Crippen LogP contribution is 2.22. The second-order valence-corrected chi connectivity index (χ2v) is 6.46. The molecule has 4 nitrogen and oxygen atoms in total. The van der Waals surface area contributed by atoms with Gasteiger partial charge in [-0.15, -0.1) is 0 Å². The summed E-state index contributed by atoms with van der Waals surface area (Å²) in [6, 6.07) is 8.52. The summed E-state index contributed by atoms with van der Waals surface area (Å²) in [6.07, 6.45) is 4.08. The topological polar surface area (TPSA) is 52.6 Å². The molecule has 1 fully saturated rings. The van der Waals surface area contributed by atoms with Gasteiger partial charge in [0.05, 0.1) is 6.54 Å². The Bertz CT molecular complexity index is 488. The summed E-state index contributed by atoms with van der Waals surface area (Å²) < 4.78 is 0. The monoisotopic (exact) mass is 304 g/mol. The number of aliphatic hydroxyl groups is 1. The molecule has 1 aromatic rings. The van der Waals surface area contributed by atoms with Crippen molar-refractivity contribution in [1.29, 1.82) is 0 Å². The van der Waals surface area contributed by atoms with Gasteiger partial charge in [-0.1, -0.05) is 26.0 Å². The van der Waals surface area contributed by atoms with Gasteiger partial charge in [0.15, 0.2) is 0 Å². The summed E-state index contributed by atoms with van der Waals surface area (Å²) in [5.74, 6) is 0.509. The Labute approximate surface area is 133 Å². The van der Waals surface area contributed by atoms with Crippen LogP contribution >= 0.6 is 0 Å². The number of anilines is 1. The Kier molecular flexibility index (Phi) is 6.40. The van der Waals surface area contributed by atoms with Crippen LogP contribution in [0.15, 0.2) is 24.3 Å². The van der Waals surface area contributed by atoms with Gasteiger partial charge in [0.2, 0.25) is 5.91 Å². The van der Waals surface area contributed by atoms with Crippen LogP contribution in [-0.4, -0.2) is 41.7 Å². The molecule has 122 valence electrons. The van der Waals surface area contributed by atoms with Gasteiger partial charge in [0, 0.05) is 18.3 Å². The molecule has 0 radical (unpaired) electrons. The van der Waals surface area contributed by atoms with E-state index in [-0.39, 0.29) is 12.5 Å². The number of carbonyl (C=O) groups is 1. The second kappa shape index (κ2) is 8.30. The van der Waals surface area contributed by atoms with Gasteiger partial charge in [-0.05, 0) is 55.8 Å². The average molecular weight is 304 g/mol. The van der Waals surface area contributed by atoms with E-state index < -0.39 is 0 Å². The fourth-order valence-electron chi connectivity index (χ4n) is 3.12. The Hall–Kier alpha value is -1.39. The van der Waals surface area contributed by atoms with E-state index in [0.717, 1.165) is 37.9 Å². The summed E-state index contributed by atoms with van der Waals surface area (Å²) >= 11 is 0. The van der Waals surface area contributed by atoms with Gasteiger partial charge in [-0.2, -0.15) is 0 Å². The number of carbonyl (C=O) groups excluding carboxylic acids is 1. The highest BCUT2D eigenvalue weighted by molar-refractivity contribution is 5.92. The summed E-state index contributed by atoms with van der Waals surface area (Å²) in [7, 11) is 0. The van der Waals surface area contributed by atoms with Crippen LogP contribution in [0.5, 0.6) is 0 Å². The predicted octanol–water partition coefficient (Wildman–Crippen LogP) is 2.99. The van der Waals surface area contributed by atoms with Crippen molar-refractivity contribution in [3.05, 3.63) is 29.8 Å². The maximum atomic E-state index is 12.3. The molecule has 1 unspecified atom stereocenters. The van der Waals surface area contributed by atoms with Crippen molar-refractivity contribution in [3.8, 4) is 0 Å². The fraction of sp³-hybridized carbons (Fsp3) is 0.611. The maximum Gasteiger partial charge on any atom is 0.238 e. The molecule has 1 atom stereocenters. The SMILES string of the molecule is CC(C)c1cccc(NC(=O)CN2CCCC2CCCO)c1. The van der Waals surface area contributed by atoms with E-state index in [1.807, 2.05) is 12.1 Å². The summed E-state index contributed by atoms with van der Waals surface area (Å²) in [6.45, 7) is 5.96. The van der Waals surface area contributed by atoms with E-state index in [1.165, 1.54) is 5.56 Å². The number of nitrogens with zero attached hydrogens (tertiary/aromatic N) is 1. The largest absolute Gasteiger partial charge is 0.396 e. The third kappa shape index (κ3) is 4.82. The normalized spacial score (nSPS) is 18.8. The smallest absolute Gasteiger partial charge is 0.238 e. The van der Waals surface area contributed by atoms with Crippen LogP contribution in [0.1, 0.15) is 51.0 Å². The van der Waals surface area contributed by atoms with Gasteiger partial charge in [0.25, 0.3) is 0 Å². The van der Waals surface area contributed by atoms with Crippen LogP contribution in [0.25, 0.3) is 0 Å². The molecule has 1 saturated heterocycles. The number of benzene rings is 1. The fourth-order valence-corrected chi connectivity index (χ4v) is 3.12. The molecule has 22 heavy (non-hydrogen) atoms. The van der Waals surface area contributed by atoms with Crippen molar-refractivity contribution in [2.75, 3.05) is 25.0 Å². The minimum absolute atomic E-state index is 0.0526. The molecule has 4 heteroatoms. The molecule has 1 aromatic carbocycles. The first-order chi connectivity index (χ1) is 10.6.